The molecular formula is C16H16Cl2N4O2. The number of ether oxygens (including phenoxy) is 1. The first kappa shape index (κ1) is 17.0. The van der Waals surface area contributed by atoms with E-state index < -0.39 is 0 Å². The van der Waals surface area contributed by atoms with Crippen molar-refractivity contribution in [3.63, 3.8) is 0 Å². The first-order valence-electron chi connectivity index (χ1n) is 7.56. The lowest BCUT2D eigenvalue weighted by Gasteiger charge is -2.11. The minimum absolute atomic E-state index is 0.0882. The molecule has 2 heterocycles. The Hall–Kier alpha value is -1.89. The third kappa shape index (κ3) is 4.14. The van der Waals surface area contributed by atoms with Crippen molar-refractivity contribution >= 4 is 40.6 Å². The summed E-state index contributed by atoms with van der Waals surface area (Å²) < 4.78 is 5.46. The Morgan fingerprint density at radius 3 is 2.67 bits per heavy atom. The first-order valence-corrected chi connectivity index (χ1v) is 8.32. The van der Waals surface area contributed by atoms with E-state index in [9.17, 15) is 4.79 Å². The maximum atomic E-state index is 12.0. The molecule has 8 heteroatoms. The van der Waals surface area contributed by atoms with Crippen LogP contribution in [-0.4, -0.2) is 35.1 Å². The van der Waals surface area contributed by atoms with Gasteiger partial charge in [0.05, 0.1) is 34.2 Å². The first-order chi connectivity index (χ1) is 11.6. The molecule has 3 rings (SSSR count). The Bertz CT molecular complexity index is 698. The van der Waals surface area contributed by atoms with Crippen molar-refractivity contribution < 1.29 is 9.53 Å². The number of halogens is 2. The highest BCUT2D eigenvalue weighted by Crippen LogP contribution is 2.31. The van der Waals surface area contributed by atoms with Gasteiger partial charge in [-0.3, -0.25) is 4.79 Å². The molecule has 2 N–H and O–H groups in total. The second-order valence-corrected chi connectivity index (χ2v) is 6.17. The second-order valence-electron chi connectivity index (χ2n) is 5.35. The Morgan fingerprint density at radius 2 is 2.04 bits per heavy atom. The van der Waals surface area contributed by atoms with Gasteiger partial charge in [0, 0.05) is 13.2 Å². The van der Waals surface area contributed by atoms with Gasteiger partial charge in [0.1, 0.15) is 11.5 Å². The lowest BCUT2D eigenvalue weighted by molar-refractivity contribution is 0.0853. The number of anilines is 2. The molecule has 1 saturated heterocycles. The SMILES string of the molecule is O=C(NCC1CCCO1)c1cnc(Nc2c(Cl)cccc2Cl)cn1. The van der Waals surface area contributed by atoms with E-state index in [1.54, 1.807) is 18.2 Å². The highest BCUT2D eigenvalue weighted by Gasteiger charge is 2.17. The molecule has 0 bridgehead atoms. The molecule has 1 aliphatic heterocycles. The number of hydrogen-bond acceptors (Lipinski definition) is 5. The van der Waals surface area contributed by atoms with Gasteiger partial charge in [0.2, 0.25) is 0 Å². The normalized spacial score (nSPS) is 16.8. The lowest BCUT2D eigenvalue weighted by Crippen LogP contribution is -2.32. The molecule has 1 aromatic carbocycles. The van der Waals surface area contributed by atoms with Gasteiger partial charge in [-0.25, -0.2) is 9.97 Å². The quantitative estimate of drug-likeness (QED) is 0.847. The second kappa shape index (κ2) is 7.79. The third-order valence-corrected chi connectivity index (χ3v) is 4.24. The lowest BCUT2D eigenvalue weighted by atomic mass is 10.2. The molecule has 1 aliphatic rings. The predicted octanol–water partition coefficient (Wildman–Crippen LogP) is 3.44. The summed E-state index contributed by atoms with van der Waals surface area (Å²) in [6.07, 6.45) is 4.95. The van der Waals surface area contributed by atoms with Gasteiger partial charge >= 0.3 is 0 Å². The van der Waals surface area contributed by atoms with Crippen LogP contribution in [0.1, 0.15) is 23.3 Å². The van der Waals surface area contributed by atoms with Crippen LogP contribution in [0.3, 0.4) is 0 Å². The molecule has 1 unspecified atom stereocenters. The fourth-order valence-corrected chi connectivity index (χ4v) is 2.85. The maximum Gasteiger partial charge on any atom is 0.271 e. The van der Waals surface area contributed by atoms with E-state index in [0.29, 0.717) is 28.1 Å². The predicted molar refractivity (Wildman–Crippen MR) is 93.1 cm³/mol. The van der Waals surface area contributed by atoms with Gasteiger partial charge in [0.15, 0.2) is 0 Å². The van der Waals surface area contributed by atoms with E-state index >= 15 is 0 Å². The maximum absolute atomic E-state index is 12.0. The molecule has 1 aromatic heterocycles. The molecule has 0 saturated carbocycles. The number of nitrogens with one attached hydrogen (secondary N) is 2. The van der Waals surface area contributed by atoms with Gasteiger partial charge in [-0.1, -0.05) is 29.3 Å². The Kier molecular flexibility index (Phi) is 5.50. The average molecular weight is 367 g/mol. The number of hydrogen-bond donors (Lipinski definition) is 2. The van der Waals surface area contributed by atoms with Crippen molar-refractivity contribution in [1.82, 2.24) is 15.3 Å². The molecule has 126 valence electrons. The zero-order valence-electron chi connectivity index (χ0n) is 12.8. The largest absolute Gasteiger partial charge is 0.376 e. The average Bonchev–Trinajstić information content (AvgIpc) is 3.10. The molecule has 1 amide bonds. The van der Waals surface area contributed by atoms with Crippen molar-refractivity contribution in [3.05, 3.63) is 46.3 Å². The number of carbonyl (C=O) groups excluding carboxylic acids is 1. The molecule has 0 aliphatic carbocycles. The third-order valence-electron chi connectivity index (χ3n) is 3.61. The van der Waals surface area contributed by atoms with Crippen LogP contribution in [-0.2, 0) is 4.74 Å². The number of nitrogens with zero attached hydrogens (tertiary/aromatic N) is 2. The van der Waals surface area contributed by atoms with Crippen LogP contribution in [0.25, 0.3) is 0 Å². The number of benzene rings is 1. The van der Waals surface area contributed by atoms with E-state index in [1.165, 1.54) is 12.4 Å². The Labute approximate surface area is 149 Å². The summed E-state index contributed by atoms with van der Waals surface area (Å²) in [6.45, 7) is 1.24. The monoisotopic (exact) mass is 366 g/mol. The zero-order chi connectivity index (χ0) is 16.9. The van der Waals surface area contributed by atoms with E-state index in [4.69, 9.17) is 27.9 Å². The molecule has 0 radical (unpaired) electrons. The number of rotatable bonds is 5. The van der Waals surface area contributed by atoms with Gasteiger partial charge < -0.3 is 15.4 Å². The standard InChI is InChI=1S/C16H16Cl2N4O2/c17-11-4-1-5-12(18)15(11)22-14-9-19-13(8-20-14)16(23)21-7-10-3-2-6-24-10/h1,4-5,8-10H,2-3,6-7H2,(H,20,22)(H,21,23). The van der Waals surface area contributed by atoms with Gasteiger partial charge in [-0.05, 0) is 25.0 Å². The summed E-state index contributed by atoms with van der Waals surface area (Å²) in [5.74, 6) is 0.168. The number of para-hydroxylation sites is 1. The molecule has 6 nitrogen and oxygen atoms in total. The van der Waals surface area contributed by atoms with Crippen LogP contribution in [0.4, 0.5) is 11.5 Å². The van der Waals surface area contributed by atoms with Crippen LogP contribution in [0, 0.1) is 0 Å². The molecule has 1 fully saturated rings. The summed E-state index contributed by atoms with van der Waals surface area (Å²) in [5.41, 5.74) is 0.787. The van der Waals surface area contributed by atoms with Crippen molar-refractivity contribution in [2.75, 3.05) is 18.5 Å². The Morgan fingerprint density at radius 1 is 1.25 bits per heavy atom. The van der Waals surface area contributed by atoms with E-state index in [-0.39, 0.29) is 17.7 Å². The van der Waals surface area contributed by atoms with Crippen LogP contribution in [0.2, 0.25) is 10.0 Å². The van der Waals surface area contributed by atoms with Gasteiger partial charge in [-0.15, -0.1) is 0 Å². The topological polar surface area (TPSA) is 76.1 Å². The van der Waals surface area contributed by atoms with E-state index in [2.05, 4.69) is 20.6 Å². The van der Waals surface area contributed by atoms with Crippen LogP contribution in [0.15, 0.2) is 30.6 Å². The summed E-state index contributed by atoms with van der Waals surface area (Å²) >= 11 is 12.2. The zero-order valence-corrected chi connectivity index (χ0v) is 14.3. The minimum Gasteiger partial charge on any atom is -0.376 e. The molecule has 24 heavy (non-hydrogen) atoms. The molecular weight excluding hydrogens is 351 g/mol. The number of amides is 1. The summed E-state index contributed by atoms with van der Waals surface area (Å²) in [6, 6.07) is 5.19. The van der Waals surface area contributed by atoms with Crippen molar-refractivity contribution in [2.45, 2.75) is 18.9 Å². The fraction of sp³-hybridized carbons (Fsp3) is 0.312. The number of aromatic nitrogens is 2. The highest BCUT2D eigenvalue weighted by molar-refractivity contribution is 6.39. The van der Waals surface area contributed by atoms with Crippen molar-refractivity contribution in [1.29, 1.82) is 0 Å². The summed E-state index contributed by atoms with van der Waals surface area (Å²) in [5, 5.41) is 6.74. The fourth-order valence-electron chi connectivity index (χ4n) is 2.36. The summed E-state index contributed by atoms with van der Waals surface area (Å²) in [7, 11) is 0. The highest BCUT2D eigenvalue weighted by atomic mass is 35.5. The molecule has 1 atom stereocenters. The Balaban J connectivity index is 1.61. The molecule has 0 spiro atoms. The van der Waals surface area contributed by atoms with Crippen molar-refractivity contribution in [2.24, 2.45) is 0 Å². The minimum atomic E-state index is -0.277. The number of carbonyl (C=O) groups is 1. The van der Waals surface area contributed by atoms with Crippen LogP contribution < -0.4 is 10.6 Å². The van der Waals surface area contributed by atoms with Crippen molar-refractivity contribution in [3.8, 4) is 0 Å². The smallest absolute Gasteiger partial charge is 0.271 e. The van der Waals surface area contributed by atoms with Crippen LogP contribution >= 0.6 is 23.2 Å². The van der Waals surface area contributed by atoms with Gasteiger partial charge in [0.25, 0.3) is 5.91 Å². The van der Waals surface area contributed by atoms with Gasteiger partial charge in [-0.2, -0.15) is 0 Å². The summed E-state index contributed by atoms with van der Waals surface area (Å²) in [4.78, 5) is 20.3. The van der Waals surface area contributed by atoms with E-state index in [1.807, 2.05) is 0 Å². The van der Waals surface area contributed by atoms with E-state index in [0.717, 1.165) is 19.4 Å². The molecule has 2 aromatic rings. The van der Waals surface area contributed by atoms with Crippen LogP contribution in [0.5, 0.6) is 0 Å².